The molecule has 1 amide bonds. The van der Waals surface area contributed by atoms with Crippen LogP contribution in [0, 0.1) is 5.92 Å². The lowest BCUT2D eigenvalue weighted by atomic mass is 9.97. The van der Waals surface area contributed by atoms with Crippen LogP contribution in [0.5, 0.6) is 0 Å². The molecule has 0 atom stereocenters. The molecule has 130 valence electrons. The molecule has 3 aliphatic rings. The molecule has 0 bridgehead atoms. The Labute approximate surface area is 139 Å². The van der Waals surface area contributed by atoms with Gasteiger partial charge in [-0.05, 0) is 58.5 Å². The fraction of sp³-hybridized carbons (Fsp3) is 0.889. The Morgan fingerprint density at radius 2 is 1.61 bits per heavy atom. The second-order valence-corrected chi connectivity index (χ2v) is 7.27. The van der Waals surface area contributed by atoms with Crippen molar-refractivity contribution >= 4 is 11.9 Å². The number of carbonyl (C=O) groups is 2. The van der Waals surface area contributed by atoms with Crippen LogP contribution < -0.4 is 0 Å². The highest BCUT2D eigenvalue weighted by Crippen LogP contribution is 2.34. The number of ether oxygens (including phenoxy) is 1. The van der Waals surface area contributed by atoms with E-state index in [4.69, 9.17) is 4.74 Å². The second-order valence-electron chi connectivity index (χ2n) is 7.27. The Morgan fingerprint density at radius 3 is 2.17 bits per heavy atom. The molecule has 0 unspecified atom stereocenters. The topological polar surface area (TPSA) is 49.9 Å². The molecule has 5 nitrogen and oxygen atoms in total. The van der Waals surface area contributed by atoms with Crippen LogP contribution in [0.3, 0.4) is 0 Å². The molecule has 0 aromatic carbocycles. The Morgan fingerprint density at radius 1 is 1.00 bits per heavy atom. The molecule has 0 spiro atoms. The number of esters is 1. The van der Waals surface area contributed by atoms with Crippen LogP contribution in [0.2, 0.25) is 0 Å². The molecule has 0 aromatic rings. The van der Waals surface area contributed by atoms with Gasteiger partial charge >= 0.3 is 5.97 Å². The summed E-state index contributed by atoms with van der Waals surface area (Å²) < 4.78 is 5.11. The Hall–Kier alpha value is -1.10. The number of amides is 1. The highest BCUT2D eigenvalue weighted by atomic mass is 16.5. The Balaban J connectivity index is 1.47. The molecule has 0 aromatic heterocycles. The average Bonchev–Trinajstić information content (AvgIpc) is 3.22. The summed E-state index contributed by atoms with van der Waals surface area (Å²) in [5.41, 5.74) is 0. The van der Waals surface area contributed by atoms with Gasteiger partial charge in [0.25, 0.3) is 0 Å². The van der Waals surface area contributed by atoms with E-state index in [9.17, 15) is 9.59 Å². The van der Waals surface area contributed by atoms with Crippen molar-refractivity contribution in [3.05, 3.63) is 0 Å². The van der Waals surface area contributed by atoms with Crippen molar-refractivity contribution in [2.45, 2.75) is 70.4 Å². The molecule has 0 radical (unpaired) electrons. The zero-order valence-corrected chi connectivity index (χ0v) is 14.3. The van der Waals surface area contributed by atoms with Gasteiger partial charge in [-0.15, -0.1) is 0 Å². The molecule has 2 aliphatic carbocycles. The number of hydrogen-bond donors (Lipinski definition) is 0. The first-order chi connectivity index (χ1) is 11.2. The zero-order chi connectivity index (χ0) is 16.2. The van der Waals surface area contributed by atoms with E-state index in [1.807, 2.05) is 6.92 Å². The predicted molar refractivity (Wildman–Crippen MR) is 87.9 cm³/mol. The minimum absolute atomic E-state index is 0.0238. The largest absolute Gasteiger partial charge is 0.466 e. The van der Waals surface area contributed by atoms with Gasteiger partial charge in [-0.25, -0.2) is 0 Å². The number of rotatable bonds is 6. The summed E-state index contributed by atoms with van der Waals surface area (Å²) in [6.45, 7) is 4.50. The standard InChI is InChI=1S/C18H30N2O3/c1-2-23-18(22)14-9-11-19(12-10-14)13-17(21)20(16-7-8-16)15-5-3-4-6-15/h14-16H,2-13H2,1H3. The first-order valence-corrected chi connectivity index (χ1v) is 9.39. The van der Waals surface area contributed by atoms with Crippen LogP contribution in [-0.4, -0.2) is 60.0 Å². The van der Waals surface area contributed by atoms with Crippen molar-refractivity contribution in [1.82, 2.24) is 9.80 Å². The van der Waals surface area contributed by atoms with Gasteiger partial charge in [0.2, 0.25) is 5.91 Å². The predicted octanol–water partition coefficient (Wildman–Crippen LogP) is 2.20. The SMILES string of the molecule is CCOC(=O)C1CCN(CC(=O)N(C2CCCC2)C2CC2)CC1. The minimum Gasteiger partial charge on any atom is -0.466 e. The van der Waals surface area contributed by atoms with Gasteiger partial charge in [-0.3, -0.25) is 14.5 Å². The lowest BCUT2D eigenvalue weighted by molar-refractivity contribution is -0.149. The van der Waals surface area contributed by atoms with Gasteiger partial charge in [0, 0.05) is 12.1 Å². The molecule has 1 heterocycles. The maximum Gasteiger partial charge on any atom is 0.309 e. The molecule has 0 N–H and O–H groups in total. The summed E-state index contributed by atoms with van der Waals surface area (Å²) in [5.74, 6) is 0.272. The van der Waals surface area contributed by atoms with Crippen LogP contribution >= 0.6 is 0 Å². The van der Waals surface area contributed by atoms with E-state index in [1.54, 1.807) is 0 Å². The number of likely N-dealkylation sites (tertiary alicyclic amines) is 1. The molecule has 5 heteroatoms. The zero-order valence-electron chi connectivity index (χ0n) is 14.3. The van der Waals surface area contributed by atoms with Crippen molar-refractivity contribution in [3.8, 4) is 0 Å². The molecule has 3 fully saturated rings. The smallest absolute Gasteiger partial charge is 0.309 e. The number of carbonyl (C=O) groups excluding carboxylic acids is 2. The molecule has 1 aliphatic heterocycles. The van der Waals surface area contributed by atoms with Crippen LogP contribution in [0.4, 0.5) is 0 Å². The van der Waals surface area contributed by atoms with Gasteiger partial charge < -0.3 is 9.64 Å². The number of nitrogens with zero attached hydrogens (tertiary/aromatic N) is 2. The van der Waals surface area contributed by atoms with E-state index in [0.29, 0.717) is 31.1 Å². The van der Waals surface area contributed by atoms with Crippen molar-refractivity contribution in [2.75, 3.05) is 26.2 Å². The third-order valence-corrected chi connectivity index (χ3v) is 5.51. The van der Waals surface area contributed by atoms with E-state index in [1.165, 1.54) is 38.5 Å². The maximum absolute atomic E-state index is 12.8. The fourth-order valence-corrected chi connectivity index (χ4v) is 4.10. The van der Waals surface area contributed by atoms with Gasteiger partial charge in [-0.1, -0.05) is 12.8 Å². The lowest BCUT2D eigenvalue weighted by Crippen LogP contribution is -2.48. The summed E-state index contributed by atoms with van der Waals surface area (Å²) in [6.07, 6.45) is 8.93. The molecule has 3 rings (SSSR count). The van der Waals surface area contributed by atoms with E-state index in [0.717, 1.165) is 25.9 Å². The molecular weight excluding hydrogens is 292 g/mol. The average molecular weight is 322 g/mol. The first-order valence-electron chi connectivity index (χ1n) is 9.39. The minimum atomic E-state index is -0.0657. The van der Waals surface area contributed by atoms with Crippen LogP contribution in [0.15, 0.2) is 0 Å². The lowest BCUT2D eigenvalue weighted by Gasteiger charge is -2.34. The highest BCUT2D eigenvalue weighted by molar-refractivity contribution is 5.79. The van der Waals surface area contributed by atoms with E-state index in [-0.39, 0.29) is 11.9 Å². The molecule has 23 heavy (non-hydrogen) atoms. The van der Waals surface area contributed by atoms with Crippen molar-refractivity contribution in [2.24, 2.45) is 5.92 Å². The van der Waals surface area contributed by atoms with Crippen molar-refractivity contribution < 1.29 is 14.3 Å². The van der Waals surface area contributed by atoms with Gasteiger partial charge in [0.1, 0.15) is 0 Å². The summed E-state index contributed by atoms with van der Waals surface area (Å²) >= 11 is 0. The Bertz CT molecular complexity index is 422. The third kappa shape index (κ3) is 4.25. The van der Waals surface area contributed by atoms with Crippen LogP contribution in [-0.2, 0) is 14.3 Å². The quantitative estimate of drug-likeness (QED) is 0.704. The molecule has 2 saturated carbocycles. The third-order valence-electron chi connectivity index (χ3n) is 5.51. The number of hydrogen-bond acceptors (Lipinski definition) is 4. The van der Waals surface area contributed by atoms with Gasteiger partial charge in [0.15, 0.2) is 0 Å². The molecule has 1 saturated heterocycles. The second kappa shape index (κ2) is 7.65. The van der Waals surface area contributed by atoms with E-state index in [2.05, 4.69) is 9.80 Å². The van der Waals surface area contributed by atoms with Crippen LogP contribution in [0.25, 0.3) is 0 Å². The highest BCUT2D eigenvalue weighted by Gasteiger charge is 2.39. The van der Waals surface area contributed by atoms with E-state index >= 15 is 0 Å². The maximum atomic E-state index is 12.8. The fourth-order valence-electron chi connectivity index (χ4n) is 4.10. The van der Waals surface area contributed by atoms with Crippen molar-refractivity contribution in [1.29, 1.82) is 0 Å². The first kappa shape index (κ1) is 16.7. The monoisotopic (exact) mass is 322 g/mol. The van der Waals surface area contributed by atoms with E-state index < -0.39 is 0 Å². The van der Waals surface area contributed by atoms with Crippen LogP contribution in [0.1, 0.15) is 58.3 Å². The summed E-state index contributed by atoms with van der Waals surface area (Å²) in [4.78, 5) is 29.0. The van der Waals surface area contributed by atoms with Gasteiger partial charge in [0.05, 0.1) is 19.1 Å². The summed E-state index contributed by atoms with van der Waals surface area (Å²) in [5, 5.41) is 0. The number of piperidine rings is 1. The van der Waals surface area contributed by atoms with Gasteiger partial charge in [-0.2, -0.15) is 0 Å². The molecular formula is C18H30N2O3. The van der Waals surface area contributed by atoms with Crippen molar-refractivity contribution in [3.63, 3.8) is 0 Å². The Kier molecular flexibility index (Phi) is 5.57. The normalized spacial score (nSPS) is 23.9. The summed E-state index contributed by atoms with van der Waals surface area (Å²) in [6, 6.07) is 1.01. The summed E-state index contributed by atoms with van der Waals surface area (Å²) in [7, 11) is 0.